The summed E-state index contributed by atoms with van der Waals surface area (Å²) in [5, 5.41) is 24.3. The van der Waals surface area contributed by atoms with Gasteiger partial charge in [-0.2, -0.15) is 5.26 Å². The summed E-state index contributed by atoms with van der Waals surface area (Å²) in [5.74, 6) is 0. The van der Waals surface area contributed by atoms with Gasteiger partial charge in [0.25, 0.3) is 5.69 Å². The van der Waals surface area contributed by atoms with Crippen LogP contribution in [0.1, 0.15) is 5.56 Å². The summed E-state index contributed by atoms with van der Waals surface area (Å²) in [7, 11) is 0. The number of non-ortho nitro benzene ring substituents is 1. The molecule has 0 radical (unpaired) electrons. The molecule has 0 spiro atoms. The van der Waals surface area contributed by atoms with E-state index in [2.05, 4.69) is 16.4 Å². The van der Waals surface area contributed by atoms with Crippen LogP contribution in [0.5, 0.6) is 0 Å². The Labute approximate surface area is 142 Å². The Kier molecular flexibility index (Phi) is 4.31. The molecule has 3 rings (SSSR count). The average Bonchev–Trinajstić information content (AvgIpc) is 2.61. The number of rotatable bonds is 4. The minimum atomic E-state index is -0.473. The Hall–Kier alpha value is -3.11. The summed E-state index contributed by atoms with van der Waals surface area (Å²) in [5.41, 5.74) is 1.82. The molecule has 24 heavy (non-hydrogen) atoms. The highest BCUT2D eigenvalue weighted by Crippen LogP contribution is 2.33. The van der Waals surface area contributed by atoms with Crippen molar-refractivity contribution in [2.45, 2.75) is 4.90 Å². The predicted molar refractivity (Wildman–Crippen MR) is 94.6 cm³/mol. The van der Waals surface area contributed by atoms with Crippen molar-refractivity contribution in [2.24, 2.45) is 0 Å². The number of aromatic nitrogens is 1. The molecule has 0 atom stereocenters. The van der Waals surface area contributed by atoms with Gasteiger partial charge in [0.05, 0.1) is 16.2 Å². The number of nitrogens with one attached hydrogen (secondary N) is 1. The summed E-state index contributed by atoms with van der Waals surface area (Å²) in [6, 6.07) is 14.5. The van der Waals surface area contributed by atoms with Crippen LogP contribution < -0.4 is 5.32 Å². The lowest BCUT2D eigenvalue weighted by Crippen LogP contribution is -1.99. The molecule has 1 N–H and O–H groups in total. The zero-order chi connectivity index (χ0) is 17.1. The van der Waals surface area contributed by atoms with E-state index in [1.54, 1.807) is 23.9 Å². The van der Waals surface area contributed by atoms with Gasteiger partial charge < -0.3 is 5.32 Å². The Morgan fingerprint density at radius 1 is 1.29 bits per heavy atom. The monoisotopic (exact) mass is 336 g/mol. The van der Waals surface area contributed by atoms with Crippen LogP contribution in [0.4, 0.5) is 17.1 Å². The van der Waals surface area contributed by atoms with Crippen LogP contribution in [-0.4, -0.2) is 16.2 Å². The summed E-state index contributed by atoms with van der Waals surface area (Å²) in [6.07, 6.45) is 3.33. The van der Waals surface area contributed by atoms with Crippen LogP contribution in [0, 0.1) is 21.4 Å². The maximum atomic E-state index is 11.2. The van der Waals surface area contributed by atoms with Crippen LogP contribution >= 0.6 is 11.8 Å². The van der Waals surface area contributed by atoms with Gasteiger partial charge in [0, 0.05) is 28.2 Å². The molecule has 7 heteroatoms. The molecule has 0 aliphatic rings. The van der Waals surface area contributed by atoms with Gasteiger partial charge in [-0.3, -0.25) is 10.1 Å². The summed E-state index contributed by atoms with van der Waals surface area (Å²) >= 11 is 1.61. The number of nitro benzene ring substituents is 1. The second-order valence-corrected chi connectivity index (χ2v) is 5.83. The molecule has 3 aromatic rings. The van der Waals surface area contributed by atoms with Gasteiger partial charge >= 0.3 is 0 Å². The first-order valence-corrected chi connectivity index (χ1v) is 8.24. The van der Waals surface area contributed by atoms with E-state index >= 15 is 0 Å². The first-order valence-electron chi connectivity index (χ1n) is 7.01. The van der Waals surface area contributed by atoms with E-state index in [0.717, 1.165) is 10.6 Å². The maximum Gasteiger partial charge on any atom is 0.295 e. The van der Waals surface area contributed by atoms with E-state index in [1.807, 2.05) is 30.5 Å². The predicted octanol–water partition coefficient (Wildman–Crippen LogP) is 4.48. The van der Waals surface area contributed by atoms with Crippen molar-refractivity contribution in [2.75, 3.05) is 11.6 Å². The average molecular weight is 336 g/mol. The molecule has 0 aliphatic carbocycles. The highest BCUT2D eigenvalue weighted by Gasteiger charge is 2.17. The Morgan fingerprint density at radius 3 is 2.79 bits per heavy atom. The van der Waals surface area contributed by atoms with Gasteiger partial charge in [-0.15, -0.1) is 11.8 Å². The standard InChI is InChI=1S/C17H12N4O2S/c1-24-13-5-2-4-12(8-13)20-16-11(9-18)10-19-17-14(16)6-3-7-15(17)21(22)23/h2-8,10H,1H3,(H,19,20). The number of para-hydroxylation sites is 1. The second kappa shape index (κ2) is 6.56. The van der Waals surface area contributed by atoms with E-state index in [9.17, 15) is 15.4 Å². The fraction of sp³-hybridized carbons (Fsp3) is 0.0588. The smallest absolute Gasteiger partial charge is 0.295 e. The molecule has 0 unspecified atom stereocenters. The van der Waals surface area contributed by atoms with Crippen LogP contribution in [0.15, 0.2) is 53.6 Å². The SMILES string of the molecule is CSc1cccc(Nc2c(C#N)cnc3c([N+](=O)[O-])cccc23)c1. The highest BCUT2D eigenvalue weighted by atomic mass is 32.2. The lowest BCUT2D eigenvalue weighted by Gasteiger charge is -2.12. The Morgan fingerprint density at radius 2 is 2.08 bits per heavy atom. The van der Waals surface area contributed by atoms with Crippen LogP contribution in [0.2, 0.25) is 0 Å². The molecule has 1 aromatic heterocycles. The molecular weight excluding hydrogens is 324 g/mol. The topological polar surface area (TPSA) is 91.8 Å². The minimum Gasteiger partial charge on any atom is -0.354 e. The van der Waals surface area contributed by atoms with E-state index < -0.39 is 4.92 Å². The number of nitrogens with zero attached hydrogens (tertiary/aromatic N) is 3. The fourth-order valence-corrected chi connectivity index (χ4v) is 2.88. The minimum absolute atomic E-state index is 0.0853. The highest BCUT2D eigenvalue weighted by molar-refractivity contribution is 7.98. The largest absolute Gasteiger partial charge is 0.354 e. The lowest BCUT2D eigenvalue weighted by molar-refractivity contribution is -0.383. The third-order valence-electron chi connectivity index (χ3n) is 3.53. The number of nitro groups is 1. The van der Waals surface area contributed by atoms with Crippen LogP contribution in [0.3, 0.4) is 0 Å². The van der Waals surface area contributed by atoms with Gasteiger partial charge in [-0.1, -0.05) is 18.2 Å². The van der Waals surface area contributed by atoms with Crippen molar-refractivity contribution < 1.29 is 4.92 Å². The number of nitriles is 1. The quantitative estimate of drug-likeness (QED) is 0.429. The number of hydrogen-bond acceptors (Lipinski definition) is 6. The van der Waals surface area contributed by atoms with E-state index in [-0.39, 0.29) is 11.2 Å². The van der Waals surface area contributed by atoms with E-state index in [1.165, 1.54) is 12.3 Å². The third-order valence-corrected chi connectivity index (χ3v) is 4.26. The number of benzene rings is 2. The molecule has 0 bridgehead atoms. The van der Waals surface area contributed by atoms with Gasteiger partial charge in [0.15, 0.2) is 0 Å². The molecule has 0 fully saturated rings. The summed E-state index contributed by atoms with van der Waals surface area (Å²) < 4.78 is 0. The number of thioether (sulfide) groups is 1. The van der Waals surface area contributed by atoms with Crippen molar-refractivity contribution in [3.63, 3.8) is 0 Å². The number of anilines is 2. The first-order chi connectivity index (χ1) is 11.6. The van der Waals surface area contributed by atoms with E-state index in [0.29, 0.717) is 16.6 Å². The van der Waals surface area contributed by atoms with Crippen molar-refractivity contribution in [1.29, 1.82) is 5.26 Å². The molecule has 0 saturated carbocycles. The number of hydrogen-bond donors (Lipinski definition) is 1. The first kappa shape index (κ1) is 15.8. The van der Waals surface area contributed by atoms with Crippen molar-refractivity contribution in [3.8, 4) is 6.07 Å². The number of pyridine rings is 1. The summed E-state index contributed by atoms with van der Waals surface area (Å²) in [4.78, 5) is 15.9. The molecular formula is C17H12N4O2S. The van der Waals surface area contributed by atoms with E-state index in [4.69, 9.17) is 0 Å². The summed E-state index contributed by atoms with van der Waals surface area (Å²) in [6.45, 7) is 0. The fourth-order valence-electron chi connectivity index (χ4n) is 2.42. The van der Waals surface area contributed by atoms with Gasteiger partial charge in [0.2, 0.25) is 0 Å². The van der Waals surface area contributed by atoms with Crippen molar-refractivity contribution >= 4 is 39.7 Å². The molecule has 118 valence electrons. The molecule has 1 heterocycles. The zero-order valence-electron chi connectivity index (χ0n) is 12.7. The van der Waals surface area contributed by atoms with Crippen LogP contribution in [0.25, 0.3) is 10.9 Å². The second-order valence-electron chi connectivity index (χ2n) is 4.95. The molecule has 2 aromatic carbocycles. The molecule has 6 nitrogen and oxygen atoms in total. The van der Waals surface area contributed by atoms with Gasteiger partial charge in [-0.05, 0) is 24.5 Å². The van der Waals surface area contributed by atoms with Crippen molar-refractivity contribution in [1.82, 2.24) is 4.98 Å². The zero-order valence-corrected chi connectivity index (χ0v) is 13.5. The maximum absolute atomic E-state index is 11.2. The molecule has 0 aliphatic heterocycles. The normalized spacial score (nSPS) is 10.3. The lowest BCUT2D eigenvalue weighted by atomic mass is 10.1. The van der Waals surface area contributed by atoms with Crippen molar-refractivity contribution in [3.05, 3.63) is 64.3 Å². The van der Waals surface area contributed by atoms with Gasteiger partial charge in [-0.25, -0.2) is 4.98 Å². The third kappa shape index (κ3) is 2.87. The Bertz CT molecular complexity index is 982. The molecule has 0 saturated heterocycles. The van der Waals surface area contributed by atoms with Gasteiger partial charge in [0.1, 0.15) is 11.6 Å². The Balaban J connectivity index is 2.20. The van der Waals surface area contributed by atoms with Crippen LogP contribution in [-0.2, 0) is 0 Å². The number of fused-ring (bicyclic) bond motifs is 1. The molecule has 0 amide bonds.